The second kappa shape index (κ2) is 6.44. The maximum atomic E-state index is 11.4. The third-order valence-corrected chi connectivity index (χ3v) is 4.55. The van der Waals surface area contributed by atoms with E-state index in [1.54, 1.807) is 11.8 Å². The summed E-state index contributed by atoms with van der Waals surface area (Å²) >= 11 is 1.72. The fourth-order valence-electron chi connectivity index (χ4n) is 2.60. The summed E-state index contributed by atoms with van der Waals surface area (Å²) in [5.41, 5.74) is 1.19. The molecule has 0 radical (unpaired) electrons. The monoisotopic (exact) mass is 279 g/mol. The lowest BCUT2D eigenvalue weighted by atomic mass is 9.92. The number of benzene rings is 1. The average Bonchev–Trinajstić information content (AvgIpc) is 2.41. The Kier molecular flexibility index (Phi) is 4.88. The van der Waals surface area contributed by atoms with Gasteiger partial charge in [0, 0.05) is 11.4 Å². The normalized spacial score (nSPS) is 24.3. The van der Waals surface area contributed by atoms with E-state index in [0.29, 0.717) is 5.92 Å². The van der Waals surface area contributed by atoms with Crippen LogP contribution in [0.3, 0.4) is 0 Å². The Hall–Kier alpha value is -1.00. The lowest BCUT2D eigenvalue weighted by Gasteiger charge is -2.36. The average molecular weight is 279 g/mol. The molecule has 1 saturated heterocycles. The van der Waals surface area contributed by atoms with Crippen molar-refractivity contribution >= 4 is 17.7 Å². The Bertz CT molecular complexity index is 432. The summed E-state index contributed by atoms with van der Waals surface area (Å²) in [6.45, 7) is 3.75. The molecule has 104 valence electrons. The number of hydrogen-bond acceptors (Lipinski definition) is 3. The van der Waals surface area contributed by atoms with Gasteiger partial charge in [0.15, 0.2) is 0 Å². The Morgan fingerprint density at radius 1 is 1.42 bits per heavy atom. The van der Waals surface area contributed by atoms with Crippen LogP contribution in [0.25, 0.3) is 0 Å². The molecule has 0 amide bonds. The van der Waals surface area contributed by atoms with Crippen LogP contribution in [0.4, 0.5) is 0 Å². The van der Waals surface area contributed by atoms with Crippen LogP contribution in [-0.2, 0) is 11.3 Å². The van der Waals surface area contributed by atoms with Crippen LogP contribution in [-0.4, -0.2) is 34.8 Å². The van der Waals surface area contributed by atoms with E-state index < -0.39 is 5.97 Å². The largest absolute Gasteiger partial charge is 0.480 e. The topological polar surface area (TPSA) is 40.5 Å². The van der Waals surface area contributed by atoms with Gasteiger partial charge in [-0.15, -0.1) is 11.8 Å². The summed E-state index contributed by atoms with van der Waals surface area (Å²) in [4.78, 5) is 14.7. The van der Waals surface area contributed by atoms with E-state index in [4.69, 9.17) is 0 Å². The van der Waals surface area contributed by atoms with Crippen LogP contribution in [0.2, 0.25) is 0 Å². The number of carboxylic acids is 1. The van der Waals surface area contributed by atoms with Crippen molar-refractivity contribution in [1.82, 2.24) is 4.90 Å². The first-order valence-corrected chi connectivity index (χ1v) is 7.92. The standard InChI is InChI=1S/C15H21NO2S/c1-11-7-8-16(14(9-11)15(17)18)10-12-3-5-13(19-2)6-4-12/h3-6,11,14H,7-10H2,1-2H3,(H,17,18). The summed E-state index contributed by atoms with van der Waals surface area (Å²) in [6, 6.07) is 8.07. The number of nitrogens with zero attached hydrogens (tertiary/aromatic N) is 1. The van der Waals surface area contributed by atoms with Gasteiger partial charge in [-0.1, -0.05) is 19.1 Å². The summed E-state index contributed by atoms with van der Waals surface area (Å²) in [7, 11) is 0. The van der Waals surface area contributed by atoms with Crippen LogP contribution in [0.15, 0.2) is 29.2 Å². The molecule has 1 aromatic carbocycles. The zero-order valence-corrected chi connectivity index (χ0v) is 12.3. The predicted molar refractivity (Wildman–Crippen MR) is 78.5 cm³/mol. The van der Waals surface area contributed by atoms with Crippen LogP contribution in [0, 0.1) is 5.92 Å². The highest BCUT2D eigenvalue weighted by Gasteiger charge is 2.31. The molecular formula is C15H21NO2S. The first-order chi connectivity index (χ1) is 9.10. The van der Waals surface area contributed by atoms with Gasteiger partial charge >= 0.3 is 5.97 Å². The van der Waals surface area contributed by atoms with Gasteiger partial charge in [0.25, 0.3) is 0 Å². The van der Waals surface area contributed by atoms with E-state index in [0.717, 1.165) is 25.9 Å². The van der Waals surface area contributed by atoms with Crippen LogP contribution in [0.1, 0.15) is 25.3 Å². The van der Waals surface area contributed by atoms with Gasteiger partial charge in [-0.3, -0.25) is 9.69 Å². The lowest BCUT2D eigenvalue weighted by Crippen LogP contribution is -2.46. The smallest absolute Gasteiger partial charge is 0.320 e. The minimum atomic E-state index is -0.688. The van der Waals surface area contributed by atoms with E-state index in [2.05, 4.69) is 42.3 Å². The second-order valence-corrected chi connectivity index (χ2v) is 6.18. The number of carboxylic acid groups (broad SMARTS) is 1. The highest BCUT2D eigenvalue weighted by molar-refractivity contribution is 7.98. The Morgan fingerprint density at radius 2 is 2.11 bits per heavy atom. The number of likely N-dealkylation sites (tertiary alicyclic amines) is 1. The molecule has 4 heteroatoms. The molecule has 0 aromatic heterocycles. The van der Waals surface area contributed by atoms with E-state index in [-0.39, 0.29) is 6.04 Å². The molecule has 1 heterocycles. The molecule has 19 heavy (non-hydrogen) atoms. The van der Waals surface area contributed by atoms with Gasteiger partial charge in [0.1, 0.15) is 6.04 Å². The summed E-state index contributed by atoms with van der Waals surface area (Å²) < 4.78 is 0. The minimum absolute atomic E-state index is 0.330. The van der Waals surface area contributed by atoms with Crippen LogP contribution in [0.5, 0.6) is 0 Å². The molecule has 1 aliphatic rings. The number of piperidine rings is 1. The number of aliphatic carboxylic acids is 1. The van der Waals surface area contributed by atoms with E-state index >= 15 is 0 Å². The third kappa shape index (κ3) is 3.74. The minimum Gasteiger partial charge on any atom is -0.480 e. The van der Waals surface area contributed by atoms with Gasteiger partial charge in [0.2, 0.25) is 0 Å². The first-order valence-electron chi connectivity index (χ1n) is 6.70. The Balaban J connectivity index is 2.05. The molecule has 2 atom stereocenters. The lowest BCUT2D eigenvalue weighted by molar-refractivity contribution is -0.145. The molecule has 2 unspecified atom stereocenters. The Morgan fingerprint density at radius 3 is 2.68 bits per heavy atom. The van der Waals surface area contributed by atoms with Crippen molar-refractivity contribution < 1.29 is 9.90 Å². The van der Waals surface area contributed by atoms with Crippen molar-refractivity contribution in [1.29, 1.82) is 0 Å². The van der Waals surface area contributed by atoms with E-state index in [9.17, 15) is 9.90 Å². The molecule has 1 aliphatic heterocycles. The van der Waals surface area contributed by atoms with Crippen molar-refractivity contribution in [3.8, 4) is 0 Å². The van der Waals surface area contributed by atoms with Crippen LogP contribution >= 0.6 is 11.8 Å². The number of rotatable bonds is 4. The van der Waals surface area contributed by atoms with Crippen molar-refractivity contribution in [2.75, 3.05) is 12.8 Å². The second-order valence-electron chi connectivity index (χ2n) is 5.30. The highest BCUT2D eigenvalue weighted by Crippen LogP contribution is 2.25. The maximum Gasteiger partial charge on any atom is 0.320 e. The molecule has 0 saturated carbocycles. The summed E-state index contributed by atoms with van der Waals surface area (Å²) in [6.07, 6.45) is 3.91. The highest BCUT2D eigenvalue weighted by atomic mass is 32.2. The molecule has 3 nitrogen and oxygen atoms in total. The summed E-state index contributed by atoms with van der Waals surface area (Å²) in [5, 5.41) is 9.34. The first kappa shape index (κ1) is 14.4. The predicted octanol–water partition coefficient (Wildman–Crippen LogP) is 3.09. The fourth-order valence-corrected chi connectivity index (χ4v) is 3.01. The molecule has 1 aromatic rings. The van der Waals surface area contributed by atoms with E-state index in [1.807, 2.05) is 0 Å². The molecule has 0 spiro atoms. The van der Waals surface area contributed by atoms with E-state index in [1.165, 1.54) is 10.5 Å². The molecule has 0 aliphatic carbocycles. The number of hydrogen-bond donors (Lipinski definition) is 1. The fraction of sp³-hybridized carbons (Fsp3) is 0.533. The van der Waals surface area contributed by atoms with Gasteiger partial charge in [-0.05, 0) is 49.3 Å². The Labute approximate surface area is 119 Å². The zero-order valence-electron chi connectivity index (χ0n) is 11.5. The number of carbonyl (C=O) groups is 1. The molecule has 0 bridgehead atoms. The van der Waals surface area contributed by atoms with Crippen molar-refractivity contribution in [3.63, 3.8) is 0 Å². The third-order valence-electron chi connectivity index (χ3n) is 3.81. The molecule has 2 rings (SSSR count). The molecular weight excluding hydrogens is 258 g/mol. The quantitative estimate of drug-likeness (QED) is 0.860. The van der Waals surface area contributed by atoms with Gasteiger partial charge in [-0.2, -0.15) is 0 Å². The van der Waals surface area contributed by atoms with Crippen molar-refractivity contribution in [3.05, 3.63) is 29.8 Å². The summed E-state index contributed by atoms with van der Waals surface area (Å²) in [5.74, 6) is -0.177. The number of thioether (sulfide) groups is 1. The SMILES string of the molecule is CSc1ccc(CN2CCC(C)CC2C(=O)O)cc1. The van der Waals surface area contributed by atoms with Crippen molar-refractivity contribution in [2.45, 2.75) is 37.2 Å². The molecule has 1 fully saturated rings. The van der Waals surface area contributed by atoms with Crippen LogP contribution < -0.4 is 0 Å². The van der Waals surface area contributed by atoms with Gasteiger partial charge in [0.05, 0.1) is 0 Å². The van der Waals surface area contributed by atoms with Gasteiger partial charge in [-0.25, -0.2) is 0 Å². The molecule has 1 N–H and O–H groups in total. The maximum absolute atomic E-state index is 11.4. The zero-order chi connectivity index (χ0) is 13.8. The van der Waals surface area contributed by atoms with Gasteiger partial charge < -0.3 is 5.11 Å². The van der Waals surface area contributed by atoms with Crippen molar-refractivity contribution in [2.24, 2.45) is 5.92 Å².